The van der Waals surface area contributed by atoms with Gasteiger partial charge in [0.1, 0.15) is 0 Å². The summed E-state index contributed by atoms with van der Waals surface area (Å²) < 4.78 is 5.57. The minimum absolute atomic E-state index is 0.275. The van der Waals surface area contributed by atoms with Crippen LogP contribution >= 0.6 is 11.3 Å². The zero-order chi connectivity index (χ0) is 11.3. The summed E-state index contributed by atoms with van der Waals surface area (Å²) in [6.07, 6.45) is 2.53. The Morgan fingerprint density at radius 1 is 1.53 bits per heavy atom. The fraction of sp³-hybridized carbons (Fsp3) is 0.667. The highest BCUT2D eigenvalue weighted by atomic mass is 32.1. The van der Waals surface area contributed by atoms with Crippen molar-refractivity contribution < 1.29 is 4.74 Å². The van der Waals surface area contributed by atoms with Crippen molar-refractivity contribution in [2.24, 2.45) is 0 Å². The molecule has 1 rings (SSSR count). The molecule has 1 N–H and O–H groups in total. The molecular formula is C12H21NOS. The van der Waals surface area contributed by atoms with Gasteiger partial charge < -0.3 is 10.1 Å². The van der Waals surface area contributed by atoms with Crippen LogP contribution < -0.4 is 5.32 Å². The van der Waals surface area contributed by atoms with Crippen molar-refractivity contribution in [3.63, 3.8) is 0 Å². The van der Waals surface area contributed by atoms with E-state index in [0.29, 0.717) is 6.04 Å². The van der Waals surface area contributed by atoms with Gasteiger partial charge in [-0.3, -0.25) is 0 Å². The maximum absolute atomic E-state index is 5.57. The largest absolute Gasteiger partial charge is 0.379 e. The summed E-state index contributed by atoms with van der Waals surface area (Å²) in [6.45, 7) is 4.36. The van der Waals surface area contributed by atoms with Gasteiger partial charge in [-0.2, -0.15) is 0 Å². The van der Waals surface area contributed by atoms with E-state index in [2.05, 4.69) is 30.6 Å². The number of ether oxygens (including phenoxy) is 1. The maximum Gasteiger partial charge on any atom is 0.0773 e. The van der Waals surface area contributed by atoms with E-state index in [-0.39, 0.29) is 6.10 Å². The number of hydrogen-bond acceptors (Lipinski definition) is 3. The van der Waals surface area contributed by atoms with Crippen molar-refractivity contribution >= 4 is 11.3 Å². The molecule has 1 aromatic heterocycles. The van der Waals surface area contributed by atoms with Gasteiger partial charge in [-0.15, -0.1) is 11.3 Å². The zero-order valence-corrected chi connectivity index (χ0v) is 10.9. The highest BCUT2D eigenvalue weighted by molar-refractivity contribution is 7.10. The van der Waals surface area contributed by atoms with Gasteiger partial charge in [0.15, 0.2) is 0 Å². The second-order valence-corrected chi connectivity index (χ2v) is 4.74. The van der Waals surface area contributed by atoms with Gasteiger partial charge in [0.25, 0.3) is 0 Å². The van der Waals surface area contributed by atoms with E-state index in [4.69, 9.17) is 4.74 Å². The van der Waals surface area contributed by atoms with Gasteiger partial charge in [-0.1, -0.05) is 13.3 Å². The van der Waals surface area contributed by atoms with Gasteiger partial charge in [-0.05, 0) is 37.4 Å². The molecule has 0 aliphatic carbocycles. The minimum Gasteiger partial charge on any atom is -0.379 e. The topological polar surface area (TPSA) is 21.3 Å². The Bertz CT molecular complexity index is 285. The molecular weight excluding hydrogens is 206 g/mol. The molecule has 2 atom stereocenters. The van der Waals surface area contributed by atoms with E-state index >= 15 is 0 Å². The Kier molecular flexibility index (Phi) is 5.29. The van der Waals surface area contributed by atoms with Crippen molar-refractivity contribution in [3.05, 3.63) is 21.9 Å². The Balaban J connectivity index is 2.82. The summed E-state index contributed by atoms with van der Waals surface area (Å²) in [7, 11) is 3.80. The summed E-state index contributed by atoms with van der Waals surface area (Å²) in [5, 5.41) is 5.51. The van der Waals surface area contributed by atoms with E-state index < -0.39 is 0 Å². The number of rotatable bonds is 6. The molecule has 0 radical (unpaired) electrons. The molecule has 15 heavy (non-hydrogen) atoms. The van der Waals surface area contributed by atoms with Crippen molar-refractivity contribution in [1.82, 2.24) is 5.32 Å². The molecule has 86 valence electrons. The molecule has 0 amide bonds. The monoisotopic (exact) mass is 227 g/mol. The van der Waals surface area contributed by atoms with Crippen LogP contribution in [-0.2, 0) is 4.74 Å². The third kappa shape index (κ3) is 3.03. The smallest absolute Gasteiger partial charge is 0.0773 e. The van der Waals surface area contributed by atoms with Gasteiger partial charge in [0.05, 0.1) is 12.1 Å². The van der Waals surface area contributed by atoms with E-state index in [1.165, 1.54) is 10.4 Å². The van der Waals surface area contributed by atoms with Gasteiger partial charge in [0.2, 0.25) is 0 Å². The Morgan fingerprint density at radius 3 is 2.67 bits per heavy atom. The van der Waals surface area contributed by atoms with Crippen LogP contribution in [0.15, 0.2) is 11.4 Å². The van der Waals surface area contributed by atoms with Crippen LogP contribution in [0.25, 0.3) is 0 Å². The molecule has 0 aliphatic rings. The summed E-state index contributed by atoms with van der Waals surface area (Å²) in [5.74, 6) is 0. The molecule has 1 aromatic rings. The number of thiophene rings is 1. The van der Waals surface area contributed by atoms with Crippen LogP contribution in [0.2, 0.25) is 0 Å². The number of hydrogen-bond donors (Lipinski definition) is 1. The lowest BCUT2D eigenvalue weighted by Crippen LogP contribution is -2.30. The predicted molar refractivity (Wildman–Crippen MR) is 66.6 cm³/mol. The SMILES string of the molecule is CCCC(OC)C(NC)c1sccc1C. The molecule has 0 bridgehead atoms. The second kappa shape index (κ2) is 6.26. The highest BCUT2D eigenvalue weighted by Gasteiger charge is 2.22. The van der Waals surface area contributed by atoms with Gasteiger partial charge in [0, 0.05) is 12.0 Å². The van der Waals surface area contributed by atoms with E-state index in [1.54, 1.807) is 7.11 Å². The third-order valence-electron chi connectivity index (χ3n) is 2.74. The summed E-state index contributed by atoms with van der Waals surface area (Å²) in [4.78, 5) is 1.40. The average Bonchev–Trinajstić information content (AvgIpc) is 2.65. The third-order valence-corrected chi connectivity index (χ3v) is 3.84. The molecule has 0 spiro atoms. The van der Waals surface area contributed by atoms with Crippen LogP contribution in [-0.4, -0.2) is 20.3 Å². The molecule has 1 heterocycles. The molecule has 0 fully saturated rings. The summed E-state index contributed by atoms with van der Waals surface area (Å²) in [5.41, 5.74) is 1.36. The van der Waals surface area contributed by atoms with Crippen LogP contribution in [0.1, 0.15) is 36.2 Å². The Labute approximate surface area is 96.7 Å². The lowest BCUT2D eigenvalue weighted by Gasteiger charge is -2.25. The highest BCUT2D eigenvalue weighted by Crippen LogP contribution is 2.29. The van der Waals surface area contributed by atoms with Gasteiger partial charge in [-0.25, -0.2) is 0 Å². The Hall–Kier alpha value is -0.380. The first-order valence-corrected chi connectivity index (χ1v) is 6.36. The van der Waals surface area contributed by atoms with Crippen molar-refractivity contribution in [2.45, 2.75) is 38.8 Å². The van der Waals surface area contributed by atoms with Crippen LogP contribution in [0.5, 0.6) is 0 Å². The van der Waals surface area contributed by atoms with Crippen LogP contribution in [0.4, 0.5) is 0 Å². The van der Waals surface area contributed by atoms with Crippen LogP contribution in [0.3, 0.4) is 0 Å². The first-order valence-electron chi connectivity index (χ1n) is 5.48. The van der Waals surface area contributed by atoms with Crippen molar-refractivity contribution in [1.29, 1.82) is 0 Å². The van der Waals surface area contributed by atoms with Gasteiger partial charge >= 0.3 is 0 Å². The molecule has 2 nitrogen and oxygen atoms in total. The standard InChI is InChI=1S/C12H21NOS/c1-5-6-10(14-4)11(13-3)12-9(2)7-8-15-12/h7-8,10-11,13H,5-6H2,1-4H3. The number of likely N-dealkylation sites (N-methyl/N-ethyl adjacent to an activating group) is 1. The van der Waals surface area contributed by atoms with Crippen molar-refractivity contribution in [2.75, 3.05) is 14.2 Å². The zero-order valence-electron chi connectivity index (χ0n) is 10.0. The fourth-order valence-corrected chi connectivity index (χ4v) is 2.98. The first-order chi connectivity index (χ1) is 7.24. The molecule has 2 unspecified atom stereocenters. The first kappa shape index (κ1) is 12.7. The quantitative estimate of drug-likeness (QED) is 0.806. The molecule has 0 aliphatic heterocycles. The molecule has 0 saturated heterocycles. The summed E-state index contributed by atoms with van der Waals surface area (Å²) >= 11 is 1.81. The average molecular weight is 227 g/mol. The normalized spacial score (nSPS) is 15.2. The molecule has 0 saturated carbocycles. The minimum atomic E-state index is 0.275. The van der Waals surface area contributed by atoms with E-state index in [9.17, 15) is 0 Å². The number of aryl methyl sites for hydroxylation is 1. The summed E-state index contributed by atoms with van der Waals surface area (Å²) in [6, 6.07) is 2.50. The van der Waals surface area contributed by atoms with Crippen molar-refractivity contribution in [3.8, 4) is 0 Å². The maximum atomic E-state index is 5.57. The number of nitrogens with one attached hydrogen (secondary N) is 1. The molecule has 0 aromatic carbocycles. The van der Waals surface area contributed by atoms with E-state index in [0.717, 1.165) is 12.8 Å². The lowest BCUT2D eigenvalue weighted by molar-refractivity contribution is 0.0639. The molecule has 3 heteroatoms. The fourth-order valence-electron chi connectivity index (χ4n) is 1.89. The van der Waals surface area contributed by atoms with Crippen LogP contribution in [0, 0.1) is 6.92 Å². The Morgan fingerprint density at radius 2 is 2.27 bits per heavy atom. The number of methoxy groups -OCH3 is 1. The predicted octanol–water partition coefficient (Wildman–Crippen LogP) is 3.13. The lowest BCUT2D eigenvalue weighted by atomic mass is 10.0. The second-order valence-electron chi connectivity index (χ2n) is 3.80. The van der Waals surface area contributed by atoms with E-state index in [1.807, 2.05) is 18.4 Å².